The third-order valence-corrected chi connectivity index (χ3v) is 8.05. The van der Waals surface area contributed by atoms with Gasteiger partial charge in [0.25, 0.3) is 11.8 Å². The van der Waals surface area contributed by atoms with Gasteiger partial charge in [-0.2, -0.15) is 13.8 Å². The molecule has 2 fully saturated rings. The first kappa shape index (κ1) is 28.1. The molecule has 40 heavy (non-hydrogen) atoms. The van der Waals surface area contributed by atoms with Crippen molar-refractivity contribution in [1.29, 1.82) is 0 Å². The van der Waals surface area contributed by atoms with Crippen LogP contribution in [0.2, 0.25) is 0 Å². The summed E-state index contributed by atoms with van der Waals surface area (Å²) in [5.41, 5.74) is -0.636. The van der Waals surface area contributed by atoms with Crippen LogP contribution >= 0.6 is 0 Å². The fourth-order valence-electron chi connectivity index (χ4n) is 5.70. The molecule has 1 saturated carbocycles. The molecule has 13 heteroatoms. The number of alkyl halides is 2. The van der Waals surface area contributed by atoms with Crippen molar-refractivity contribution >= 4 is 35.0 Å². The van der Waals surface area contributed by atoms with E-state index in [-0.39, 0.29) is 35.2 Å². The van der Waals surface area contributed by atoms with Gasteiger partial charge in [0.1, 0.15) is 17.3 Å². The van der Waals surface area contributed by atoms with E-state index >= 15 is 4.39 Å². The summed E-state index contributed by atoms with van der Waals surface area (Å²) in [4.78, 5) is 38.1. The van der Waals surface area contributed by atoms with Crippen LogP contribution in [0.25, 0.3) is 0 Å². The Morgan fingerprint density at radius 1 is 1.10 bits per heavy atom. The minimum absolute atomic E-state index is 0.100. The van der Waals surface area contributed by atoms with E-state index in [0.717, 1.165) is 62.4 Å². The van der Waals surface area contributed by atoms with Gasteiger partial charge in [-0.15, -0.1) is 0 Å². The third kappa shape index (κ3) is 5.56. The van der Waals surface area contributed by atoms with Crippen LogP contribution in [0.3, 0.4) is 0 Å². The predicted molar refractivity (Wildman–Crippen MR) is 142 cm³/mol. The molecule has 2 N–H and O–H groups in total. The Labute approximate surface area is 229 Å². The minimum Gasteiger partial charge on any atom is -0.349 e. The van der Waals surface area contributed by atoms with E-state index in [4.69, 9.17) is 0 Å². The number of nitrogens with zero attached hydrogens (tertiary/aromatic N) is 5. The van der Waals surface area contributed by atoms with Crippen LogP contribution in [0, 0.1) is 11.6 Å². The van der Waals surface area contributed by atoms with E-state index in [9.17, 15) is 22.8 Å². The van der Waals surface area contributed by atoms with E-state index in [2.05, 4.69) is 32.4 Å². The number of carbonyl (C=O) groups excluding carboxylic acids is 2. The highest BCUT2D eigenvalue weighted by molar-refractivity contribution is 6.02. The van der Waals surface area contributed by atoms with Gasteiger partial charge in [-0.05, 0) is 38.3 Å². The molecule has 0 bridgehead atoms. The number of rotatable bonds is 6. The first-order valence-electron chi connectivity index (χ1n) is 13.7. The molecule has 2 amide bonds. The smallest absolute Gasteiger partial charge is 0.342 e. The lowest BCUT2D eigenvalue weighted by Gasteiger charge is -2.31. The molecule has 5 rings (SSSR count). The van der Waals surface area contributed by atoms with Crippen molar-refractivity contribution in [3.63, 3.8) is 0 Å². The average molecular weight is 564 g/mol. The minimum atomic E-state index is -3.63. The van der Waals surface area contributed by atoms with E-state index < -0.39 is 41.5 Å². The predicted octanol–water partition coefficient (Wildman–Crippen LogP) is 4.07. The number of hydrogen-bond acceptors (Lipinski definition) is 7. The molecule has 3 heterocycles. The van der Waals surface area contributed by atoms with Crippen molar-refractivity contribution in [1.82, 2.24) is 20.2 Å². The summed E-state index contributed by atoms with van der Waals surface area (Å²) in [7, 11) is 1.23. The summed E-state index contributed by atoms with van der Waals surface area (Å²) in [5.74, 6) is -7.58. The second-order valence-electron chi connectivity index (χ2n) is 10.7. The molecule has 1 saturated heterocycles. The molecular formula is C27H33F4N7O2. The van der Waals surface area contributed by atoms with Crippen LogP contribution in [0.4, 0.5) is 40.7 Å². The number of aromatic nitrogens is 2. The summed E-state index contributed by atoms with van der Waals surface area (Å²) in [5, 5.41) is 5.39. The van der Waals surface area contributed by atoms with Crippen LogP contribution in [0.1, 0.15) is 55.8 Å². The monoisotopic (exact) mass is 563 g/mol. The molecule has 0 radical (unpaired) electrons. The van der Waals surface area contributed by atoms with Gasteiger partial charge in [-0.25, -0.2) is 13.8 Å². The second kappa shape index (κ2) is 11.2. The highest BCUT2D eigenvalue weighted by atomic mass is 19.3. The molecule has 216 valence electrons. The number of benzene rings is 1. The lowest BCUT2D eigenvalue weighted by atomic mass is 10.0. The van der Waals surface area contributed by atoms with Crippen LogP contribution in [0.15, 0.2) is 18.3 Å². The number of nitrogens with one attached hydrogen (secondary N) is 2. The van der Waals surface area contributed by atoms with Gasteiger partial charge in [0.05, 0.1) is 24.0 Å². The molecule has 2 aromatic rings. The molecule has 0 atom stereocenters. The molecule has 1 aromatic carbocycles. The Morgan fingerprint density at radius 2 is 1.80 bits per heavy atom. The standard InChI is InChI=1S/C27H33F4N7O2/c1-3-37-10-8-16(9-11-37)33-24(39)18-12-20(29)21(13-19(18)28)34-26-32-14-22-23(35-26)38(17-6-4-5-7-17)15-27(30,31)25(40)36(22)2/h12-14,16-17H,3-11,15H2,1-2H3,(H,33,39)(H,32,34,35). The molecule has 3 aliphatic rings. The van der Waals surface area contributed by atoms with Crippen LogP contribution in [0.5, 0.6) is 0 Å². The summed E-state index contributed by atoms with van der Waals surface area (Å²) in [6.07, 6.45) is 5.73. The number of halogens is 4. The first-order chi connectivity index (χ1) is 19.1. The molecule has 0 spiro atoms. The molecule has 2 aliphatic heterocycles. The van der Waals surface area contributed by atoms with Gasteiger partial charge < -0.3 is 25.3 Å². The Bertz CT molecular complexity index is 1280. The zero-order chi connectivity index (χ0) is 28.6. The molecule has 9 nitrogen and oxygen atoms in total. The molecule has 1 aliphatic carbocycles. The van der Waals surface area contributed by atoms with E-state index in [1.54, 1.807) is 0 Å². The van der Waals surface area contributed by atoms with Crippen molar-refractivity contribution in [2.75, 3.05) is 48.3 Å². The second-order valence-corrected chi connectivity index (χ2v) is 10.7. The largest absolute Gasteiger partial charge is 0.349 e. The van der Waals surface area contributed by atoms with Crippen molar-refractivity contribution in [3.05, 3.63) is 35.5 Å². The zero-order valence-corrected chi connectivity index (χ0v) is 22.5. The zero-order valence-electron chi connectivity index (χ0n) is 22.5. The van der Waals surface area contributed by atoms with Gasteiger partial charge in [0.2, 0.25) is 5.95 Å². The van der Waals surface area contributed by atoms with Crippen LogP contribution in [-0.2, 0) is 4.79 Å². The number of carbonyl (C=O) groups is 2. The fourth-order valence-corrected chi connectivity index (χ4v) is 5.70. The van der Waals surface area contributed by atoms with Gasteiger partial charge in [0.15, 0.2) is 5.82 Å². The van der Waals surface area contributed by atoms with Gasteiger partial charge in [-0.1, -0.05) is 19.8 Å². The maximum absolute atomic E-state index is 15.1. The number of amides is 2. The van der Waals surface area contributed by atoms with E-state index in [1.807, 2.05) is 0 Å². The van der Waals surface area contributed by atoms with Crippen LogP contribution < -0.4 is 20.4 Å². The number of piperidine rings is 1. The summed E-state index contributed by atoms with van der Waals surface area (Å²) in [6.45, 7) is 3.79. The maximum atomic E-state index is 15.1. The lowest BCUT2D eigenvalue weighted by molar-refractivity contribution is -0.140. The Kier molecular flexibility index (Phi) is 7.85. The lowest BCUT2D eigenvalue weighted by Crippen LogP contribution is -2.48. The highest BCUT2D eigenvalue weighted by Gasteiger charge is 2.48. The summed E-state index contributed by atoms with van der Waals surface area (Å²) in [6, 6.07) is 1.30. The van der Waals surface area contributed by atoms with Gasteiger partial charge in [-0.3, -0.25) is 9.59 Å². The van der Waals surface area contributed by atoms with Crippen molar-refractivity contribution < 1.29 is 27.2 Å². The highest BCUT2D eigenvalue weighted by Crippen LogP contribution is 2.39. The molecule has 1 aromatic heterocycles. The first-order valence-corrected chi connectivity index (χ1v) is 13.7. The van der Waals surface area contributed by atoms with E-state index in [1.165, 1.54) is 18.1 Å². The Balaban J connectivity index is 1.37. The van der Waals surface area contributed by atoms with Crippen LogP contribution in [-0.4, -0.2) is 77.9 Å². The normalized spacial score (nSPS) is 20.4. The Morgan fingerprint density at radius 3 is 2.48 bits per heavy atom. The van der Waals surface area contributed by atoms with Gasteiger partial charge >= 0.3 is 5.92 Å². The molecular weight excluding hydrogens is 530 g/mol. The SMILES string of the molecule is CCN1CCC(NC(=O)c2cc(F)c(Nc3ncc4c(n3)N(C3CCCC3)CC(F)(F)C(=O)N4C)cc2F)CC1. The quantitative estimate of drug-likeness (QED) is 0.512. The maximum Gasteiger partial charge on any atom is 0.342 e. The van der Waals surface area contributed by atoms with Crippen molar-refractivity contribution in [2.24, 2.45) is 0 Å². The summed E-state index contributed by atoms with van der Waals surface area (Å²) >= 11 is 0. The number of anilines is 4. The number of fused-ring (bicyclic) bond motifs is 1. The Hall–Kier alpha value is -3.48. The average Bonchev–Trinajstić information content (AvgIpc) is 3.46. The number of likely N-dealkylation sites (tertiary alicyclic amines) is 1. The van der Waals surface area contributed by atoms with Gasteiger partial charge in [0, 0.05) is 38.3 Å². The third-order valence-electron chi connectivity index (χ3n) is 8.05. The van der Waals surface area contributed by atoms with E-state index in [0.29, 0.717) is 12.8 Å². The van der Waals surface area contributed by atoms with Crippen molar-refractivity contribution in [3.8, 4) is 0 Å². The van der Waals surface area contributed by atoms with Crippen molar-refractivity contribution in [2.45, 2.75) is 63.5 Å². The topological polar surface area (TPSA) is 93.7 Å². The number of hydrogen-bond donors (Lipinski definition) is 2. The fraction of sp³-hybridized carbons (Fsp3) is 0.556. The summed E-state index contributed by atoms with van der Waals surface area (Å²) < 4.78 is 59.6. The molecule has 0 unspecified atom stereocenters.